The Labute approximate surface area is 161 Å². The van der Waals surface area contributed by atoms with Crippen LogP contribution in [-0.2, 0) is 20.9 Å². The Morgan fingerprint density at radius 3 is 2.48 bits per heavy atom. The van der Waals surface area contributed by atoms with E-state index in [9.17, 15) is 9.59 Å². The fourth-order valence-corrected chi connectivity index (χ4v) is 4.48. The van der Waals surface area contributed by atoms with Crippen LogP contribution in [-0.4, -0.2) is 78.5 Å². The van der Waals surface area contributed by atoms with Gasteiger partial charge in [-0.25, -0.2) is 0 Å². The first-order chi connectivity index (χ1) is 13.2. The van der Waals surface area contributed by atoms with Crippen molar-refractivity contribution in [2.45, 2.75) is 31.8 Å². The van der Waals surface area contributed by atoms with Gasteiger partial charge < -0.3 is 14.5 Å². The molecule has 3 aliphatic heterocycles. The van der Waals surface area contributed by atoms with Crippen molar-refractivity contribution in [3.05, 3.63) is 35.9 Å². The molecule has 6 nitrogen and oxygen atoms in total. The number of fused-ring (bicyclic) bond motifs is 1. The number of carbonyl (C=O) groups is 2. The highest BCUT2D eigenvalue weighted by atomic mass is 16.5. The zero-order valence-electron chi connectivity index (χ0n) is 15.9. The normalized spacial score (nSPS) is 25.2. The highest BCUT2D eigenvalue weighted by Gasteiger charge is 2.38. The van der Waals surface area contributed by atoms with Crippen LogP contribution in [0.25, 0.3) is 0 Å². The number of ether oxygens (including phenoxy) is 1. The summed E-state index contributed by atoms with van der Waals surface area (Å²) < 4.78 is 5.38. The molecule has 0 aliphatic carbocycles. The van der Waals surface area contributed by atoms with Crippen molar-refractivity contribution in [1.82, 2.24) is 14.7 Å². The third-order valence-electron chi connectivity index (χ3n) is 6.12. The Morgan fingerprint density at radius 2 is 1.70 bits per heavy atom. The summed E-state index contributed by atoms with van der Waals surface area (Å²) in [4.78, 5) is 32.2. The second-order valence-corrected chi connectivity index (χ2v) is 7.80. The summed E-state index contributed by atoms with van der Waals surface area (Å²) in [6, 6.07) is 10.1. The Hall–Kier alpha value is -1.92. The monoisotopic (exact) mass is 371 g/mol. The maximum atomic E-state index is 13.1. The van der Waals surface area contributed by atoms with Crippen molar-refractivity contribution in [1.29, 1.82) is 0 Å². The van der Waals surface area contributed by atoms with Crippen molar-refractivity contribution < 1.29 is 14.3 Å². The van der Waals surface area contributed by atoms with E-state index in [0.717, 1.165) is 45.4 Å². The lowest BCUT2D eigenvalue weighted by atomic mass is 9.98. The van der Waals surface area contributed by atoms with E-state index in [1.54, 1.807) is 0 Å². The average molecular weight is 371 g/mol. The zero-order valence-corrected chi connectivity index (χ0v) is 15.9. The molecule has 3 fully saturated rings. The maximum Gasteiger partial charge on any atom is 0.240 e. The molecule has 3 aliphatic rings. The van der Waals surface area contributed by atoms with Crippen molar-refractivity contribution in [2.75, 3.05) is 45.9 Å². The Morgan fingerprint density at radius 1 is 0.963 bits per heavy atom. The lowest BCUT2D eigenvalue weighted by Crippen LogP contribution is -2.56. The van der Waals surface area contributed by atoms with Gasteiger partial charge in [0.2, 0.25) is 11.8 Å². The molecule has 0 bridgehead atoms. The number of hydrogen-bond donors (Lipinski definition) is 0. The Bertz CT molecular complexity index is 660. The quantitative estimate of drug-likeness (QED) is 0.805. The minimum atomic E-state index is -0.0880. The number of hydrogen-bond acceptors (Lipinski definition) is 4. The molecular formula is C21H29N3O3. The number of carbonyl (C=O) groups excluding carboxylic acids is 2. The second kappa shape index (κ2) is 8.40. The lowest BCUT2D eigenvalue weighted by molar-refractivity contribution is -0.142. The molecule has 27 heavy (non-hydrogen) atoms. The summed E-state index contributed by atoms with van der Waals surface area (Å²) in [6.07, 6.45) is 2.39. The molecule has 0 radical (unpaired) electrons. The van der Waals surface area contributed by atoms with Crippen molar-refractivity contribution in [3.8, 4) is 0 Å². The predicted octanol–water partition coefficient (Wildman–Crippen LogP) is 1.36. The van der Waals surface area contributed by atoms with E-state index in [-0.39, 0.29) is 23.8 Å². The third kappa shape index (κ3) is 4.17. The second-order valence-electron chi connectivity index (χ2n) is 7.80. The first kappa shape index (κ1) is 18.4. The van der Waals surface area contributed by atoms with Crippen LogP contribution < -0.4 is 0 Å². The van der Waals surface area contributed by atoms with E-state index < -0.39 is 0 Å². The minimum Gasteiger partial charge on any atom is -0.381 e. The van der Waals surface area contributed by atoms with E-state index in [0.29, 0.717) is 26.3 Å². The summed E-state index contributed by atoms with van der Waals surface area (Å²) in [6.45, 7) is 5.92. The van der Waals surface area contributed by atoms with Crippen LogP contribution in [0.4, 0.5) is 0 Å². The predicted molar refractivity (Wildman–Crippen MR) is 102 cm³/mol. The summed E-state index contributed by atoms with van der Waals surface area (Å²) in [5.74, 6) is 0.566. The molecule has 1 aromatic rings. The topological polar surface area (TPSA) is 53.1 Å². The van der Waals surface area contributed by atoms with Crippen molar-refractivity contribution in [2.24, 2.45) is 5.92 Å². The van der Waals surface area contributed by atoms with Gasteiger partial charge in [0.1, 0.15) is 0 Å². The van der Waals surface area contributed by atoms with Gasteiger partial charge >= 0.3 is 0 Å². The molecule has 0 spiro atoms. The molecule has 2 amide bonds. The van der Waals surface area contributed by atoms with Gasteiger partial charge in [-0.1, -0.05) is 30.3 Å². The van der Waals surface area contributed by atoms with Gasteiger partial charge in [-0.15, -0.1) is 0 Å². The van der Waals surface area contributed by atoms with Crippen LogP contribution in [0, 0.1) is 5.92 Å². The molecule has 146 valence electrons. The first-order valence-electron chi connectivity index (χ1n) is 10.2. The SMILES string of the molecule is O=C(C1CCOCC1)N1CCC2C(=O)N(Cc3ccccc3)CCN2CC1. The Balaban J connectivity index is 1.38. The van der Waals surface area contributed by atoms with Crippen LogP contribution in [0.15, 0.2) is 30.3 Å². The standard InChI is InChI=1S/C21H29N3O3/c25-20(18-7-14-27-15-8-18)23-9-6-19-21(26)24(13-11-22(19)10-12-23)16-17-4-2-1-3-5-17/h1-5,18-19H,6-16H2. The van der Waals surface area contributed by atoms with E-state index in [1.807, 2.05) is 28.0 Å². The van der Waals surface area contributed by atoms with E-state index in [2.05, 4.69) is 17.0 Å². The summed E-state index contributed by atoms with van der Waals surface area (Å²) in [5, 5.41) is 0. The first-order valence-corrected chi connectivity index (χ1v) is 10.2. The molecule has 1 aromatic carbocycles. The summed E-state index contributed by atoms with van der Waals surface area (Å²) in [7, 11) is 0. The van der Waals surface area contributed by atoms with E-state index >= 15 is 0 Å². The van der Waals surface area contributed by atoms with E-state index in [1.165, 1.54) is 5.56 Å². The van der Waals surface area contributed by atoms with Crippen LogP contribution in [0.5, 0.6) is 0 Å². The highest BCUT2D eigenvalue weighted by Crippen LogP contribution is 2.23. The maximum absolute atomic E-state index is 13.1. The summed E-state index contributed by atoms with van der Waals surface area (Å²) >= 11 is 0. The largest absolute Gasteiger partial charge is 0.381 e. The highest BCUT2D eigenvalue weighted by molar-refractivity contribution is 5.83. The minimum absolute atomic E-state index is 0.0880. The summed E-state index contributed by atoms with van der Waals surface area (Å²) in [5.41, 5.74) is 1.17. The molecule has 4 rings (SSSR count). The molecule has 3 saturated heterocycles. The van der Waals surface area contributed by atoms with Crippen LogP contribution >= 0.6 is 0 Å². The molecule has 0 N–H and O–H groups in total. The van der Waals surface area contributed by atoms with Gasteiger partial charge in [0.15, 0.2) is 0 Å². The molecule has 6 heteroatoms. The number of nitrogens with zero attached hydrogens (tertiary/aromatic N) is 3. The van der Waals surface area contributed by atoms with Gasteiger partial charge in [-0.3, -0.25) is 14.5 Å². The van der Waals surface area contributed by atoms with Gasteiger partial charge in [0.25, 0.3) is 0 Å². The van der Waals surface area contributed by atoms with Crippen LogP contribution in [0.3, 0.4) is 0 Å². The fraction of sp³-hybridized carbons (Fsp3) is 0.619. The van der Waals surface area contributed by atoms with Crippen LogP contribution in [0.1, 0.15) is 24.8 Å². The zero-order chi connectivity index (χ0) is 18.6. The molecule has 3 heterocycles. The van der Waals surface area contributed by atoms with Gasteiger partial charge in [-0.2, -0.15) is 0 Å². The molecule has 1 unspecified atom stereocenters. The Kier molecular flexibility index (Phi) is 5.74. The van der Waals surface area contributed by atoms with Crippen molar-refractivity contribution in [3.63, 3.8) is 0 Å². The lowest BCUT2D eigenvalue weighted by Gasteiger charge is -2.39. The molecule has 1 atom stereocenters. The smallest absolute Gasteiger partial charge is 0.240 e. The number of piperazine rings is 1. The van der Waals surface area contributed by atoms with Gasteiger partial charge in [0, 0.05) is 58.4 Å². The number of benzene rings is 1. The molecular weight excluding hydrogens is 342 g/mol. The van der Waals surface area contributed by atoms with Crippen molar-refractivity contribution >= 4 is 11.8 Å². The fourth-order valence-electron chi connectivity index (χ4n) is 4.48. The average Bonchev–Trinajstić information content (AvgIpc) is 2.94. The van der Waals surface area contributed by atoms with Crippen LogP contribution in [0.2, 0.25) is 0 Å². The van der Waals surface area contributed by atoms with Gasteiger partial charge in [0.05, 0.1) is 6.04 Å². The molecule has 0 saturated carbocycles. The van der Waals surface area contributed by atoms with Gasteiger partial charge in [-0.05, 0) is 24.8 Å². The molecule has 0 aromatic heterocycles. The third-order valence-corrected chi connectivity index (χ3v) is 6.12. The van der Waals surface area contributed by atoms with E-state index in [4.69, 9.17) is 4.74 Å². The number of amides is 2. The number of rotatable bonds is 3.